The molecule has 6 aromatic carbocycles. The molecule has 10 heteroatoms. The van der Waals surface area contributed by atoms with Gasteiger partial charge in [0.05, 0.1) is 19.6 Å². The summed E-state index contributed by atoms with van der Waals surface area (Å²) in [5, 5.41) is 15.5. The van der Waals surface area contributed by atoms with E-state index in [2.05, 4.69) is 123 Å². The first kappa shape index (κ1) is 32.5. The Balaban J connectivity index is 0.000000151. The van der Waals surface area contributed by atoms with Crippen molar-refractivity contribution in [3.63, 3.8) is 0 Å². The Morgan fingerprint density at radius 3 is 1.94 bits per heavy atom. The maximum atomic E-state index is 12.3. The normalized spacial score (nSPS) is 11.1. The second-order valence-corrected chi connectivity index (χ2v) is 13.2. The van der Waals surface area contributed by atoms with Crippen LogP contribution in [0.15, 0.2) is 155 Å². The van der Waals surface area contributed by atoms with Crippen LogP contribution >= 0.6 is 31.9 Å². The molecule has 0 saturated carbocycles. The molecule has 3 heterocycles. The molecular weight excluding hydrogens is 771 g/mol. The summed E-state index contributed by atoms with van der Waals surface area (Å²) in [6.07, 6.45) is 0. The smallest absolute Gasteiger partial charge is 0.269 e. The van der Waals surface area contributed by atoms with Crippen LogP contribution in [0.5, 0.6) is 0 Å². The molecule has 3 aromatic heterocycles. The van der Waals surface area contributed by atoms with Crippen molar-refractivity contribution in [1.82, 2.24) is 25.0 Å². The Morgan fingerprint density at radius 1 is 0.667 bits per heavy atom. The Bertz CT molecular complexity index is 2690. The summed E-state index contributed by atoms with van der Waals surface area (Å²) in [7, 11) is -1.00. The van der Waals surface area contributed by atoms with Crippen molar-refractivity contribution in [1.29, 1.82) is 0 Å². The predicted octanol–water partition coefficient (Wildman–Crippen LogP) is 11.0. The third-order valence-electron chi connectivity index (χ3n) is 8.35. The molecule has 0 unspecified atom stereocenters. The number of hydrazine groups is 1. The van der Waals surface area contributed by atoms with Gasteiger partial charge in [0.25, 0.3) is 5.91 Å². The third-order valence-corrected chi connectivity index (χ3v) is 9.33. The third kappa shape index (κ3) is 6.75. The van der Waals surface area contributed by atoms with Crippen LogP contribution in [0, 0.1) is 0 Å². The summed E-state index contributed by atoms with van der Waals surface area (Å²) in [4.78, 5) is 16.9. The number of aromatic nitrogens is 4. The van der Waals surface area contributed by atoms with E-state index in [9.17, 15) is 9.18 Å². The number of hydrogen-bond acceptors (Lipinski definition) is 5. The Labute approximate surface area is 310 Å². The lowest BCUT2D eigenvalue weighted by Gasteiger charge is -2.12. The zero-order valence-electron chi connectivity index (χ0n) is 27.9. The molecule has 2 N–H and O–H groups in total. The molecule has 250 valence electrons. The minimum absolute atomic E-state index is 0.206. The van der Waals surface area contributed by atoms with Gasteiger partial charge in [0.1, 0.15) is 0 Å². The number of hydrogen-bond donors (Lipinski definition) is 2. The number of nitrogens with zero attached hydrogens (tertiary/aromatic N) is 4. The van der Waals surface area contributed by atoms with E-state index < -0.39 is 7.15 Å². The van der Waals surface area contributed by atoms with E-state index in [0.29, 0.717) is 11.4 Å². The molecule has 0 fully saturated rings. The number of fused-ring (bicyclic) bond motifs is 9. The largest absolute Gasteiger partial charge is 0.281 e. The zero-order valence-corrected chi connectivity index (χ0v) is 30.1. The number of anilines is 1. The standard InChI is InChI=1S/C20H14BrN3O.C20H12BrN3.CH3F/c21-14-10-11-18-17(12-14)15-8-4-5-9-16(15)19(22-18)23-24-20(25)13-6-2-1-3-7-13;21-14-10-11-18-17(12-14)15-8-4-5-9-16(15)20-23-22-19(24(18)20)13-6-2-1-3-7-13;1-2/h1-12H,(H,22,23)(H,24,25);1-12H;1H3/i;;1D. The Morgan fingerprint density at radius 2 is 1.24 bits per heavy atom. The fourth-order valence-corrected chi connectivity index (χ4v) is 6.81. The van der Waals surface area contributed by atoms with Gasteiger partial charge in [0.15, 0.2) is 17.3 Å². The molecule has 0 bridgehead atoms. The van der Waals surface area contributed by atoms with E-state index in [-0.39, 0.29) is 5.91 Å². The first-order valence-electron chi connectivity index (χ1n) is 16.5. The number of carbonyl (C=O) groups excluding carboxylic acids is 1. The molecule has 0 radical (unpaired) electrons. The van der Waals surface area contributed by atoms with Crippen LogP contribution in [0.4, 0.5) is 10.2 Å². The number of benzene rings is 6. The molecule has 7 nitrogen and oxygen atoms in total. The van der Waals surface area contributed by atoms with Gasteiger partial charge in [-0.2, -0.15) is 0 Å². The van der Waals surface area contributed by atoms with Crippen LogP contribution in [0.1, 0.15) is 11.7 Å². The molecule has 9 rings (SSSR count). The highest BCUT2D eigenvalue weighted by Crippen LogP contribution is 2.34. The number of alkyl halides is 1. The molecule has 0 saturated heterocycles. The van der Waals surface area contributed by atoms with E-state index in [4.69, 9.17) is 1.37 Å². The van der Waals surface area contributed by atoms with Gasteiger partial charge < -0.3 is 0 Å². The average molecular weight is 802 g/mol. The van der Waals surface area contributed by atoms with Gasteiger partial charge in [-0.25, -0.2) is 4.98 Å². The van der Waals surface area contributed by atoms with Gasteiger partial charge in [-0.15, -0.1) is 10.2 Å². The summed E-state index contributed by atoms with van der Waals surface area (Å²) in [5.74, 6) is 1.28. The summed E-state index contributed by atoms with van der Waals surface area (Å²) >= 11 is 7.11. The molecule has 9 aromatic rings. The second kappa shape index (κ2) is 15.0. The molecule has 0 spiro atoms. The highest BCUT2D eigenvalue weighted by Gasteiger charge is 2.16. The molecule has 0 aliphatic rings. The summed E-state index contributed by atoms with van der Waals surface area (Å²) in [5.41, 5.74) is 10.2. The van der Waals surface area contributed by atoms with Crippen LogP contribution in [-0.4, -0.2) is 32.6 Å². The molecule has 0 aliphatic heterocycles. The second-order valence-electron chi connectivity index (χ2n) is 11.4. The quantitative estimate of drug-likeness (QED) is 0.137. The van der Waals surface area contributed by atoms with Gasteiger partial charge in [-0.05, 0) is 59.3 Å². The van der Waals surface area contributed by atoms with Gasteiger partial charge in [-0.3, -0.25) is 24.4 Å². The van der Waals surface area contributed by atoms with Crippen molar-refractivity contribution in [3.05, 3.63) is 160 Å². The van der Waals surface area contributed by atoms with Crippen LogP contribution in [0.25, 0.3) is 60.4 Å². The maximum absolute atomic E-state index is 12.3. The molecular formula is C41H29Br2FN6O. The number of halogens is 3. The lowest BCUT2D eigenvalue weighted by molar-refractivity contribution is 0.0962. The van der Waals surface area contributed by atoms with E-state index in [1.54, 1.807) is 12.1 Å². The fourth-order valence-electron chi connectivity index (χ4n) is 6.09. The van der Waals surface area contributed by atoms with Crippen molar-refractivity contribution in [3.8, 4) is 11.4 Å². The van der Waals surface area contributed by atoms with E-state index in [0.717, 1.165) is 58.6 Å². The lowest BCUT2D eigenvalue weighted by Crippen LogP contribution is -2.29. The van der Waals surface area contributed by atoms with Crippen molar-refractivity contribution >= 4 is 92.6 Å². The SMILES string of the molecule is Brc1ccc2c(c1)c1ccccc1c1nnc(-c3ccccc3)n21.O=C(NNc1nc2ccc(Br)cc2c2ccccc12)c1ccccc1.[2H]CF. The zero-order chi connectivity index (χ0) is 36.0. The van der Waals surface area contributed by atoms with Crippen LogP contribution in [0.3, 0.4) is 0 Å². The highest BCUT2D eigenvalue weighted by atomic mass is 79.9. The molecule has 0 aliphatic carbocycles. The first-order chi connectivity index (χ1) is 25.5. The highest BCUT2D eigenvalue weighted by molar-refractivity contribution is 9.10. The van der Waals surface area contributed by atoms with Crippen molar-refractivity contribution in [2.24, 2.45) is 0 Å². The molecule has 0 atom stereocenters. The topological polar surface area (TPSA) is 84.2 Å². The van der Waals surface area contributed by atoms with Gasteiger partial charge in [-0.1, -0.05) is 129 Å². The summed E-state index contributed by atoms with van der Waals surface area (Å²) in [6.45, 7) is 0. The number of amides is 1. The van der Waals surface area contributed by atoms with Crippen molar-refractivity contribution in [2.75, 3.05) is 12.6 Å². The minimum Gasteiger partial charge on any atom is -0.281 e. The first-order valence-corrected chi connectivity index (χ1v) is 17.4. The molecule has 51 heavy (non-hydrogen) atoms. The summed E-state index contributed by atoms with van der Waals surface area (Å²) in [6, 6.07) is 47.9. The van der Waals surface area contributed by atoms with Crippen LogP contribution in [0.2, 0.25) is 0 Å². The van der Waals surface area contributed by atoms with Gasteiger partial charge >= 0.3 is 0 Å². The molecule has 1 amide bonds. The summed E-state index contributed by atoms with van der Waals surface area (Å²) < 4.78 is 19.7. The van der Waals surface area contributed by atoms with Gasteiger partial charge in [0.2, 0.25) is 0 Å². The number of pyridine rings is 2. The lowest BCUT2D eigenvalue weighted by atomic mass is 10.1. The van der Waals surface area contributed by atoms with Crippen LogP contribution < -0.4 is 10.9 Å². The minimum atomic E-state index is -1.00. The Kier molecular flexibility index (Phi) is 9.58. The van der Waals surface area contributed by atoms with E-state index in [1.807, 2.05) is 72.8 Å². The predicted molar refractivity (Wildman–Crippen MR) is 213 cm³/mol. The maximum Gasteiger partial charge on any atom is 0.269 e. The van der Waals surface area contributed by atoms with Gasteiger partial charge in [0, 0.05) is 41.6 Å². The van der Waals surface area contributed by atoms with Crippen molar-refractivity contribution < 1.29 is 10.6 Å². The Hall–Kier alpha value is -5.71. The number of nitrogens with one attached hydrogen (secondary N) is 2. The number of carbonyl (C=O) groups is 1. The van der Waals surface area contributed by atoms with Crippen molar-refractivity contribution in [2.45, 2.75) is 0 Å². The van der Waals surface area contributed by atoms with E-state index in [1.165, 1.54) is 10.8 Å². The van der Waals surface area contributed by atoms with Crippen LogP contribution in [-0.2, 0) is 0 Å². The average Bonchev–Trinajstić information content (AvgIpc) is 3.64. The monoisotopic (exact) mass is 799 g/mol. The van der Waals surface area contributed by atoms with E-state index >= 15 is 0 Å². The fraction of sp³-hybridized carbons (Fsp3) is 0.0244. The number of rotatable bonds is 4.